The summed E-state index contributed by atoms with van der Waals surface area (Å²) < 4.78 is 10.8. The Morgan fingerprint density at radius 1 is 1.33 bits per heavy atom. The molecule has 0 heterocycles. The standard InChI is InChI=1S/C11H22N2O4S/c1-3-4-6-9(10(14)15)13-11(16)12-7-5-8-18(2)17/h9H,3-8H2,1-2H3,(H,14,15)(H2,12,13,16). The molecule has 0 saturated carbocycles. The molecule has 18 heavy (non-hydrogen) atoms. The molecule has 3 N–H and O–H groups in total. The predicted octanol–water partition coefficient (Wildman–Crippen LogP) is 0.698. The fourth-order valence-electron chi connectivity index (χ4n) is 1.35. The maximum Gasteiger partial charge on any atom is 0.326 e. The van der Waals surface area contributed by atoms with E-state index >= 15 is 0 Å². The number of rotatable bonds is 9. The lowest BCUT2D eigenvalue weighted by molar-refractivity contribution is -0.139. The number of urea groups is 1. The van der Waals surface area contributed by atoms with E-state index in [0.29, 0.717) is 25.1 Å². The summed E-state index contributed by atoms with van der Waals surface area (Å²) in [7, 11) is -0.868. The fraction of sp³-hybridized carbons (Fsp3) is 0.818. The van der Waals surface area contributed by atoms with Gasteiger partial charge in [0.2, 0.25) is 0 Å². The number of amides is 2. The highest BCUT2D eigenvalue weighted by atomic mass is 32.2. The zero-order chi connectivity index (χ0) is 14.0. The van der Waals surface area contributed by atoms with Gasteiger partial charge in [0.05, 0.1) is 0 Å². The minimum absolute atomic E-state index is 0.394. The highest BCUT2D eigenvalue weighted by Crippen LogP contribution is 2.00. The first-order valence-electron chi connectivity index (χ1n) is 6.04. The van der Waals surface area contributed by atoms with Crippen LogP contribution in [0.2, 0.25) is 0 Å². The Morgan fingerprint density at radius 2 is 2.00 bits per heavy atom. The number of hydrogen-bond acceptors (Lipinski definition) is 3. The van der Waals surface area contributed by atoms with E-state index in [4.69, 9.17) is 5.11 Å². The molecule has 2 amide bonds. The van der Waals surface area contributed by atoms with Gasteiger partial charge in [-0.2, -0.15) is 0 Å². The van der Waals surface area contributed by atoms with Crippen molar-refractivity contribution in [2.24, 2.45) is 0 Å². The van der Waals surface area contributed by atoms with Crippen LogP contribution in [0.25, 0.3) is 0 Å². The van der Waals surface area contributed by atoms with Crippen LogP contribution < -0.4 is 10.6 Å². The zero-order valence-electron chi connectivity index (χ0n) is 10.9. The van der Waals surface area contributed by atoms with Crippen molar-refractivity contribution in [3.63, 3.8) is 0 Å². The minimum Gasteiger partial charge on any atom is -0.480 e. The van der Waals surface area contributed by atoms with E-state index in [1.807, 2.05) is 6.92 Å². The van der Waals surface area contributed by atoms with Crippen LogP contribution in [0, 0.1) is 0 Å². The first-order chi connectivity index (χ1) is 8.47. The topological polar surface area (TPSA) is 95.5 Å². The Kier molecular flexibility index (Phi) is 9.26. The number of unbranched alkanes of at least 4 members (excludes halogenated alkanes) is 1. The van der Waals surface area contributed by atoms with Gasteiger partial charge in [0.1, 0.15) is 6.04 Å². The summed E-state index contributed by atoms with van der Waals surface area (Å²) in [5.74, 6) is -0.494. The Morgan fingerprint density at radius 3 is 2.50 bits per heavy atom. The van der Waals surface area contributed by atoms with Gasteiger partial charge in [0.15, 0.2) is 0 Å². The Labute approximate surface area is 110 Å². The van der Waals surface area contributed by atoms with Crippen molar-refractivity contribution in [1.82, 2.24) is 10.6 Å². The van der Waals surface area contributed by atoms with Gasteiger partial charge < -0.3 is 15.7 Å². The van der Waals surface area contributed by atoms with Crippen LogP contribution >= 0.6 is 0 Å². The third-order valence-corrected chi connectivity index (χ3v) is 3.21. The third-order valence-electron chi connectivity index (χ3n) is 2.34. The molecule has 0 spiro atoms. The van der Waals surface area contributed by atoms with Crippen molar-refractivity contribution in [1.29, 1.82) is 0 Å². The average molecular weight is 278 g/mol. The summed E-state index contributed by atoms with van der Waals surface area (Å²) in [6, 6.07) is -1.33. The molecule has 0 fully saturated rings. The number of aliphatic carboxylic acids is 1. The largest absolute Gasteiger partial charge is 0.480 e. The molecule has 0 aromatic rings. The molecule has 6 nitrogen and oxygen atoms in total. The van der Waals surface area contributed by atoms with Gasteiger partial charge in [-0.25, -0.2) is 9.59 Å². The Bertz CT molecular complexity index is 297. The lowest BCUT2D eigenvalue weighted by atomic mass is 10.1. The van der Waals surface area contributed by atoms with E-state index in [-0.39, 0.29) is 0 Å². The molecule has 0 aliphatic carbocycles. The van der Waals surface area contributed by atoms with Crippen molar-refractivity contribution >= 4 is 22.8 Å². The summed E-state index contributed by atoms with van der Waals surface area (Å²) in [4.78, 5) is 22.3. The van der Waals surface area contributed by atoms with Gasteiger partial charge >= 0.3 is 12.0 Å². The second kappa shape index (κ2) is 9.87. The normalized spacial score (nSPS) is 13.7. The van der Waals surface area contributed by atoms with E-state index in [1.54, 1.807) is 6.26 Å². The van der Waals surface area contributed by atoms with Crippen LogP contribution in [0.1, 0.15) is 32.6 Å². The Balaban J connectivity index is 3.87. The van der Waals surface area contributed by atoms with Crippen LogP contribution in [0.4, 0.5) is 4.79 Å². The molecule has 0 radical (unpaired) electrons. The maximum absolute atomic E-state index is 11.4. The average Bonchev–Trinajstić information content (AvgIpc) is 2.29. The molecule has 0 aliphatic rings. The fourth-order valence-corrected chi connectivity index (χ4v) is 1.90. The van der Waals surface area contributed by atoms with E-state index in [1.165, 1.54) is 0 Å². The van der Waals surface area contributed by atoms with Crippen LogP contribution in [-0.2, 0) is 15.6 Å². The molecule has 0 aromatic heterocycles. The lowest BCUT2D eigenvalue weighted by Gasteiger charge is -2.14. The van der Waals surface area contributed by atoms with E-state index in [0.717, 1.165) is 12.8 Å². The number of carbonyl (C=O) groups is 2. The maximum atomic E-state index is 11.4. The van der Waals surface area contributed by atoms with Gasteiger partial charge in [-0.3, -0.25) is 4.21 Å². The van der Waals surface area contributed by atoms with Crippen LogP contribution in [-0.4, -0.2) is 45.9 Å². The molecule has 2 unspecified atom stereocenters. The van der Waals surface area contributed by atoms with Crippen molar-refractivity contribution in [2.45, 2.75) is 38.6 Å². The number of carboxylic acids is 1. The van der Waals surface area contributed by atoms with Gasteiger partial charge in [-0.1, -0.05) is 19.8 Å². The summed E-state index contributed by atoms with van der Waals surface area (Å²) >= 11 is 0. The molecular formula is C11H22N2O4S. The van der Waals surface area contributed by atoms with Crippen LogP contribution in [0.15, 0.2) is 0 Å². The number of carboxylic acid groups (broad SMARTS) is 1. The molecular weight excluding hydrogens is 256 g/mol. The molecule has 106 valence electrons. The third kappa shape index (κ3) is 8.98. The highest BCUT2D eigenvalue weighted by molar-refractivity contribution is 7.84. The Hall–Kier alpha value is -1.11. The molecule has 0 bridgehead atoms. The lowest BCUT2D eigenvalue weighted by Crippen LogP contribution is -2.46. The predicted molar refractivity (Wildman–Crippen MR) is 71.0 cm³/mol. The first-order valence-corrected chi connectivity index (χ1v) is 7.77. The van der Waals surface area contributed by atoms with Crippen molar-refractivity contribution in [2.75, 3.05) is 18.6 Å². The van der Waals surface area contributed by atoms with E-state index in [2.05, 4.69) is 10.6 Å². The van der Waals surface area contributed by atoms with Gasteiger partial charge in [-0.15, -0.1) is 0 Å². The van der Waals surface area contributed by atoms with Crippen LogP contribution in [0.3, 0.4) is 0 Å². The van der Waals surface area contributed by atoms with Crippen molar-refractivity contribution < 1.29 is 18.9 Å². The highest BCUT2D eigenvalue weighted by Gasteiger charge is 2.18. The van der Waals surface area contributed by atoms with Crippen molar-refractivity contribution in [3.8, 4) is 0 Å². The summed E-state index contributed by atoms with van der Waals surface area (Å²) in [6.07, 6.45) is 4.29. The van der Waals surface area contributed by atoms with E-state index in [9.17, 15) is 13.8 Å². The number of hydrogen-bond donors (Lipinski definition) is 3. The smallest absolute Gasteiger partial charge is 0.326 e. The molecule has 2 atom stereocenters. The summed E-state index contributed by atoms with van der Waals surface area (Å²) in [5, 5.41) is 13.9. The molecule has 0 aromatic carbocycles. The van der Waals surface area contributed by atoms with E-state index < -0.39 is 28.8 Å². The van der Waals surface area contributed by atoms with Gasteiger partial charge in [-0.05, 0) is 12.8 Å². The molecule has 0 aliphatic heterocycles. The number of carbonyl (C=O) groups excluding carboxylic acids is 1. The van der Waals surface area contributed by atoms with Gasteiger partial charge in [0, 0.05) is 29.4 Å². The molecule has 0 rings (SSSR count). The second-order valence-electron chi connectivity index (χ2n) is 4.06. The molecule has 0 saturated heterocycles. The first kappa shape index (κ1) is 16.9. The van der Waals surface area contributed by atoms with Gasteiger partial charge in [0.25, 0.3) is 0 Å². The quantitative estimate of drug-likeness (QED) is 0.541. The summed E-state index contributed by atoms with van der Waals surface area (Å²) in [6.45, 7) is 2.36. The SMILES string of the molecule is CCCCC(NC(=O)NCCCS(C)=O)C(=O)O. The monoisotopic (exact) mass is 278 g/mol. The summed E-state index contributed by atoms with van der Waals surface area (Å²) in [5.41, 5.74) is 0. The zero-order valence-corrected chi connectivity index (χ0v) is 11.7. The number of nitrogens with one attached hydrogen (secondary N) is 2. The van der Waals surface area contributed by atoms with Crippen molar-refractivity contribution in [3.05, 3.63) is 0 Å². The van der Waals surface area contributed by atoms with Crippen LogP contribution in [0.5, 0.6) is 0 Å². The molecule has 7 heteroatoms. The minimum atomic E-state index is -1.02. The second-order valence-corrected chi connectivity index (χ2v) is 5.62.